The molecule has 0 aliphatic heterocycles. The second kappa shape index (κ2) is 8.05. The molecule has 1 saturated carbocycles. The molecule has 0 unspecified atom stereocenters. The van der Waals surface area contributed by atoms with Crippen molar-refractivity contribution in [3.8, 4) is 0 Å². The molecular weight excluding hydrogens is 192 g/mol. The third-order valence-electron chi connectivity index (χ3n) is 2.70. The van der Waals surface area contributed by atoms with Gasteiger partial charge in [-0.2, -0.15) is 0 Å². The molecule has 0 aromatic rings. The Morgan fingerprint density at radius 2 is 1.80 bits per heavy atom. The van der Waals surface area contributed by atoms with E-state index in [0.717, 1.165) is 45.4 Å². The maximum absolute atomic E-state index is 5.11. The molecule has 1 aliphatic carbocycles. The van der Waals surface area contributed by atoms with Crippen LogP contribution in [0.2, 0.25) is 0 Å². The largest absolute Gasteiger partial charge is 0.383 e. The number of methoxy groups -OCH3 is 2. The Morgan fingerprint density at radius 3 is 2.40 bits per heavy atom. The van der Waals surface area contributed by atoms with Crippen LogP contribution in [0.1, 0.15) is 12.8 Å². The fourth-order valence-electron chi connectivity index (χ4n) is 1.65. The minimum absolute atomic E-state index is 0.793. The predicted molar refractivity (Wildman–Crippen MR) is 61.2 cm³/mol. The summed E-state index contributed by atoms with van der Waals surface area (Å²) in [5.41, 5.74) is 0. The van der Waals surface area contributed by atoms with Gasteiger partial charge in [0.05, 0.1) is 13.2 Å². The van der Waals surface area contributed by atoms with Crippen molar-refractivity contribution >= 4 is 0 Å². The summed E-state index contributed by atoms with van der Waals surface area (Å²) in [6, 6.07) is 0.823. The van der Waals surface area contributed by atoms with Crippen molar-refractivity contribution in [3.05, 3.63) is 0 Å². The molecule has 4 nitrogen and oxygen atoms in total. The first kappa shape index (κ1) is 12.9. The van der Waals surface area contributed by atoms with E-state index in [1.54, 1.807) is 14.2 Å². The number of rotatable bonds is 10. The number of hydrogen-bond acceptors (Lipinski definition) is 4. The molecular formula is C11H24N2O2. The average Bonchev–Trinajstić information content (AvgIpc) is 3.06. The van der Waals surface area contributed by atoms with Crippen LogP contribution in [0.4, 0.5) is 0 Å². The number of nitrogens with one attached hydrogen (secondary N) is 1. The maximum atomic E-state index is 5.11. The number of ether oxygens (including phenoxy) is 2. The SMILES string of the molecule is COCCNCCN(CCOC)C1CC1. The van der Waals surface area contributed by atoms with E-state index >= 15 is 0 Å². The average molecular weight is 216 g/mol. The summed E-state index contributed by atoms with van der Waals surface area (Å²) in [7, 11) is 3.50. The van der Waals surface area contributed by atoms with Gasteiger partial charge in [0.25, 0.3) is 0 Å². The molecule has 0 atom stereocenters. The van der Waals surface area contributed by atoms with Crippen LogP contribution in [-0.2, 0) is 9.47 Å². The lowest BCUT2D eigenvalue weighted by Gasteiger charge is -2.21. The monoisotopic (exact) mass is 216 g/mol. The Kier molecular flexibility index (Phi) is 6.92. The van der Waals surface area contributed by atoms with Crippen LogP contribution < -0.4 is 5.32 Å². The number of hydrogen-bond donors (Lipinski definition) is 1. The van der Waals surface area contributed by atoms with Crippen molar-refractivity contribution in [1.29, 1.82) is 0 Å². The summed E-state index contributed by atoms with van der Waals surface area (Å²) in [5, 5.41) is 3.37. The molecule has 0 spiro atoms. The first-order valence-corrected chi connectivity index (χ1v) is 5.81. The van der Waals surface area contributed by atoms with Crippen molar-refractivity contribution < 1.29 is 9.47 Å². The van der Waals surface area contributed by atoms with Gasteiger partial charge in [-0.25, -0.2) is 0 Å². The van der Waals surface area contributed by atoms with E-state index in [0.29, 0.717) is 0 Å². The third-order valence-corrected chi connectivity index (χ3v) is 2.70. The normalized spacial score (nSPS) is 16.2. The van der Waals surface area contributed by atoms with Gasteiger partial charge >= 0.3 is 0 Å². The van der Waals surface area contributed by atoms with Crippen LogP contribution in [0.25, 0.3) is 0 Å². The van der Waals surface area contributed by atoms with Gasteiger partial charge in [-0.15, -0.1) is 0 Å². The summed E-state index contributed by atoms with van der Waals surface area (Å²) in [6.45, 7) is 5.81. The van der Waals surface area contributed by atoms with Gasteiger partial charge in [0, 0.05) is 46.4 Å². The summed E-state index contributed by atoms with van der Waals surface area (Å²) >= 11 is 0. The van der Waals surface area contributed by atoms with Crippen LogP contribution >= 0.6 is 0 Å². The molecule has 0 radical (unpaired) electrons. The predicted octanol–water partition coefficient (Wildman–Crippen LogP) is 0.333. The minimum atomic E-state index is 0.793. The molecule has 1 N–H and O–H groups in total. The molecule has 0 bridgehead atoms. The Hall–Kier alpha value is -0.160. The Bertz CT molecular complexity index is 152. The molecule has 4 heteroatoms. The highest BCUT2D eigenvalue weighted by Crippen LogP contribution is 2.25. The Morgan fingerprint density at radius 1 is 1.07 bits per heavy atom. The van der Waals surface area contributed by atoms with Crippen LogP contribution in [-0.4, -0.2) is 64.6 Å². The third kappa shape index (κ3) is 6.10. The molecule has 15 heavy (non-hydrogen) atoms. The molecule has 1 rings (SSSR count). The smallest absolute Gasteiger partial charge is 0.0589 e. The lowest BCUT2D eigenvalue weighted by Crippen LogP contribution is -2.36. The highest BCUT2D eigenvalue weighted by atomic mass is 16.5. The highest BCUT2D eigenvalue weighted by molar-refractivity contribution is 4.84. The molecule has 0 aromatic carbocycles. The Labute approximate surface area is 92.9 Å². The maximum Gasteiger partial charge on any atom is 0.0589 e. The van der Waals surface area contributed by atoms with Crippen molar-refractivity contribution in [2.45, 2.75) is 18.9 Å². The van der Waals surface area contributed by atoms with Crippen LogP contribution in [0.5, 0.6) is 0 Å². The van der Waals surface area contributed by atoms with Crippen molar-refractivity contribution in [1.82, 2.24) is 10.2 Å². The van der Waals surface area contributed by atoms with Crippen molar-refractivity contribution in [2.75, 3.05) is 53.6 Å². The lowest BCUT2D eigenvalue weighted by atomic mass is 10.4. The van der Waals surface area contributed by atoms with E-state index < -0.39 is 0 Å². The van der Waals surface area contributed by atoms with Crippen molar-refractivity contribution in [2.24, 2.45) is 0 Å². The lowest BCUT2D eigenvalue weighted by molar-refractivity contribution is 0.142. The quantitative estimate of drug-likeness (QED) is 0.534. The van der Waals surface area contributed by atoms with E-state index in [2.05, 4.69) is 10.2 Å². The molecule has 0 aromatic heterocycles. The first-order valence-electron chi connectivity index (χ1n) is 5.81. The van der Waals surface area contributed by atoms with Crippen LogP contribution in [0, 0.1) is 0 Å². The van der Waals surface area contributed by atoms with E-state index in [1.165, 1.54) is 12.8 Å². The van der Waals surface area contributed by atoms with E-state index in [4.69, 9.17) is 9.47 Å². The number of nitrogens with zero attached hydrogens (tertiary/aromatic N) is 1. The molecule has 0 saturated heterocycles. The van der Waals surface area contributed by atoms with Crippen molar-refractivity contribution in [3.63, 3.8) is 0 Å². The van der Waals surface area contributed by atoms with E-state index in [1.807, 2.05) is 0 Å². The first-order chi connectivity index (χ1) is 7.38. The van der Waals surface area contributed by atoms with Gasteiger partial charge < -0.3 is 14.8 Å². The van der Waals surface area contributed by atoms with Gasteiger partial charge in [-0.1, -0.05) is 0 Å². The minimum Gasteiger partial charge on any atom is -0.383 e. The van der Waals surface area contributed by atoms with Gasteiger partial charge in [0.15, 0.2) is 0 Å². The molecule has 1 fully saturated rings. The van der Waals surface area contributed by atoms with E-state index in [-0.39, 0.29) is 0 Å². The summed E-state index contributed by atoms with van der Waals surface area (Å²) < 4.78 is 10.1. The summed E-state index contributed by atoms with van der Waals surface area (Å²) in [5.74, 6) is 0. The molecule has 0 heterocycles. The van der Waals surface area contributed by atoms with E-state index in [9.17, 15) is 0 Å². The zero-order valence-electron chi connectivity index (χ0n) is 10.00. The van der Waals surface area contributed by atoms with Crippen LogP contribution in [0.3, 0.4) is 0 Å². The fourth-order valence-corrected chi connectivity index (χ4v) is 1.65. The van der Waals surface area contributed by atoms with Gasteiger partial charge in [-0.3, -0.25) is 4.90 Å². The second-order valence-electron chi connectivity index (χ2n) is 4.00. The van der Waals surface area contributed by atoms with Gasteiger partial charge in [-0.05, 0) is 12.8 Å². The summed E-state index contributed by atoms with van der Waals surface area (Å²) in [6.07, 6.45) is 2.73. The molecule has 90 valence electrons. The fraction of sp³-hybridized carbons (Fsp3) is 1.00. The highest BCUT2D eigenvalue weighted by Gasteiger charge is 2.27. The molecule has 0 amide bonds. The standard InChI is InChI=1S/C11H24N2O2/c1-14-9-6-12-5-7-13(8-10-15-2)11-3-4-11/h11-12H,3-10H2,1-2H3. The zero-order chi connectivity index (χ0) is 10.9. The second-order valence-corrected chi connectivity index (χ2v) is 4.00. The van der Waals surface area contributed by atoms with Gasteiger partial charge in [0.1, 0.15) is 0 Å². The topological polar surface area (TPSA) is 33.7 Å². The zero-order valence-corrected chi connectivity index (χ0v) is 10.00. The van der Waals surface area contributed by atoms with Crippen LogP contribution in [0.15, 0.2) is 0 Å². The molecule has 1 aliphatic rings. The van der Waals surface area contributed by atoms with Gasteiger partial charge in [0.2, 0.25) is 0 Å². The Balaban J connectivity index is 1.98. The summed E-state index contributed by atoms with van der Waals surface area (Å²) in [4.78, 5) is 2.52.